The van der Waals surface area contributed by atoms with Gasteiger partial charge in [0.15, 0.2) is 5.96 Å². The highest BCUT2D eigenvalue weighted by Gasteiger charge is 2.21. The number of likely N-dealkylation sites (tertiary alicyclic amines) is 1. The van der Waals surface area contributed by atoms with Gasteiger partial charge in [0.2, 0.25) is 0 Å². The van der Waals surface area contributed by atoms with Crippen LogP contribution >= 0.6 is 24.0 Å². The molecular formula is C18H28F2IN3O2. The van der Waals surface area contributed by atoms with Crippen LogP contribution in [0.15, 0.2) is 29.3 Å². The van der Waals surface area contributed by atoms with Gasteiger partial charge in [0.05, 0.1) is 12.6 Å². The van der Waals surface area contributed by atoms with Crippen molar-refractivity contribution in [2.24, 2.45) is 4.99 Å². The van der Waals surface area contributed by atoms with Crippen molar-refractivity contribution in [2.75, 3.05) is 26.2 Å². The zero-order valence-electron chi connectivity index (χ0n) is 15.3. The quantitative estimate of drug-likeness (QED) is 0.364. The summed E-state index contributed by atoms with van der Waals surface area (Å²) in [5.74, 6) is 0.969. The van der Waals surface area contributed by atoms with Gasteiger partial charge in [0.1, 0.15) is 5.75 Å². The molecule has 0 saturated carbocycles. The van der Waals surface area contributed by atoms with Gasteiger partial charge < -0.3 is 19.7 Å². The molecule has 0 radical (unpaired) electrons. The van der Waals surface area contributed by atoms with Gasteiger partial charge in [0, 0.05) is 31.8 Å². The van der Waals surface area contributed by atoms with Crippen molar-refractivity contribution in [3.8, 4) is 5.75 Å². The standard InChI is InChI=1S/C18H27F2N3O2.HI/c1-3-21-18(23-11-9-15(10-12-23)24-4-2)22-13-14-7-5-6-8-16(14)25-17(19)20;/h5-8,15,17H,3-4,9-13H2,1-2H3,(H,21,22);1H. The maximum atomic E-state index is 12.5. The number of alkyl halides is 2. The Balaban J connectivity index is 0.00000338. The number of hydrogen-bond acceptors (Lipinski definition) is 3. The van der Waals surface area contributed by atoms with E-state index in [1.807, 2.05) is 13.8 Å². The minimum atomic E-state index is -2.84. The summed E-state index contributed by atoms with van der Waals surface area (Å²) in [4.78, 5) is 6.80. The van der Waals surface area contributed by atoms with E-state index in [1.54, 1.807) is 18.2 Å². The number of nitrogens with zero attached hydrogens (tertiary/aromatic N) is 2. The lowest BCUT2D eigenvalue weighted by Crippen LogP contribution is -2.47. The molecule has 1 saturated heterocycles. The third-order valence-electron chi connectivity index (χ3n) is 4.07. The molecule has 0 aromatic heterocycles. The zero-order valence-corrected chi connectivity index (χ0v) is 17.6. The highest BCUT2D eigenvalue weighted by atomic mass is 127. The first-order valence-electron chi connectivity index (χ1n) is 8.81. The number of piperidine rings is 1. The van der Waals surface area contributed by atoms with E-state index in [2.05, 4.69) is 19.9 Å². The number of rotatable bonds is 7. The van der Waals surface area contributed by atoms with Crippen LogP contribution < -0.4 is 10.1 Å². The average Bonchev–Trinajstić information content (AvgIpc) is 2.60. The van der Waals surface area contributed by atoms with Crippen LogP contribution in [-0.4, -0.2) is 49.8 Å². The number of guanidine groups is 1. The second-order valence-corrected chi connectivity index (χ2v) is 5.80. The fraction of sp³-hybridized carbons (Fsp3) is 0.611. The second kappa shape index (κ2) is 12.3. The summed E-state index contributed by atoms with van der Waals surface area (Å²) < 4.78 is 35.3. The third kappa shape index (κ3) is 7.22. The van der Waals surface area contributed by atoms with Crippen LogP contribution in [0.3, 0.4) is 0 Å². The number of hydrogen-bond donors (Lipinski definition) is 1. The molecule has 0 bridgehead atoms. The topological polar surface area (TPSA) is 46.1 Å². The largest absolute Gasteiger partial charge is 0.434 e. The summed E-state index contributed by atoms with van der Waals surface area (Å²) in [6.07, 6.45) is 2.23. The summed E-state index contributed by atoms with van der Waals surface area (Å²) in [6, 6.07) is 6.77. The predicted molar refractivity (Wildman–Crippen MR) is 110 cm³/mol. The lowest BCUT2D eigenvalue weighted by molar-refractivity contribution is -0.0504. The van der Waals surface area contributed by atoms with Crippen LogP contribution in [0.1, 0.15) is 32.3 Å². The summed E-state index contributed by atoms with van der Waals surface area (Å²) in [7, 11) is 0. The molecule has 0 aliphatic carbocycles. The van der Waals surface area contributed by atoms with Crippen molar-refractivity contribution in [3.63, 3.8) is 0 Å². The Morgan fingerprint density at radius 3 is 2.58 bits per heavy atom. The molecule has 1 aromatic carbocycles. The van der Waals surface area contributed by atoms with Crippen LogP contribution in [0.25, 0.3) is 0 Å². The van der Waals surface area contributed by atoms with Gasteiger partial charge in [-0.3, -0.25) is 0 Å². The highest BCUT2D eigenvalue weighted by molar-refractivity contribution is 14.0. The molecule has 0 spiro atoms. The molecule has 1 fully saturated rings. The van der Waals surface area contributed by atoms with E-state index >= 15 is 0 Å². The van der Waals surface area contributed by atoms with Crippen molar-refractivity contribution in [2.45, 2.75) is 45.9 Å². The van der Waals surface area contributed by atoms with Crippen LogP contribution in [0.5, 0.6) is 5.75 Å². The first kappa shape index (κ1) is 22.9. The summed E-state index contributed by atoms with van der Waals surface area (Å²) in [5.41, 5.74) is 0.641. The van der Waals surface area contributed by atoms with Crippen LogP contribution in [0, 0.1) is 0 Å². The molecule has 26 heavy (non-hydrogen) atoms. The number of benzene rings is 1. The SMILES string of the molecule is CCNC(=NCc1ccccc1OC(F)F)N1CCC(OCC)CC1.I. The first-order valence-corrected chi connectivity index (χ1v) is 8.81. The maximum absolute atomic E-state index is 12.5. The first-order chi connectivity index (χ1) is 12.1. The fourth-order valence-corrected chi connectivity index (χ4v) is 2.90. The number of aliphatic imine (C=N–C) groups is 1. The van der Waals surface area contributed by atoms with E-state index in [0.29, 0.717) is 11.7 Å². The van der Waals surface area contributed by atoms with Crippen LogP contribution in [0.4, 0.5) is 8.78 Å². The highest BCUT2D eigenvalue weighted by Crippen LogP contribution is 2.21. The average molecular weight is 483 g/mol. The molecule has 148 valence electrons. The Labute approximate surface area is 171 Å². The molecule has 1 aliphatic rings. The van der Waals surface area contributed by atoms with E-state index < -0.39 is 6.61 Å². The van der Waals surface area contributed by atoms with Crippen molar-refractivity contribution < 1.29 is 18.3 Å². The van der Waals surface area contributed by atoms with Gasteiger partial charge in [-0.15, -0.1) is 24.0 Å². The monoisotopic (exact) mass is 483 g/mol. The van der Waals surface area contributed by atoms with Crippen LogP contribution in [0.2, 0.25) is 0 Å². The summed E-state index contributed by atoms with van der Waals surface area (Å²) in [5, 5.41) is 3.28. The van der Waals surface area contributed by atoms with Gasteiger partial charge in [-0.05, 0) is 32.8 Å². The van der Waals surface area contributed by atoms with Crippen molar-refractivity contribution in [3.05, 3.63) is 29.8 Å². The Morgan fingerprint density at radius 2 is 1.96 bits per heavy atom. The van der Waals surface area contributed by atoms with E-state index in [0.717, 1.165) is 45.0 Å². The van der Waals surface area contributed by atoms with Gasteiger partial charge in [-0.1, -0.05) is 18.2 Å². The van der Waals surface area contributed by atoms with Crippen LogP contribution in [-0.2, 0) is 11.3 Å². The predicted octanol–water partition coefficient (Wildman–Crippen LogP) is 3.87. The zero-order chi connectivity index (χ0) is 18.1. The van der Waals surface area contributed by atoms with Gasteiger partial charge in [-0.2, -0.15) is 8.78 Å². The fourth-order valence-electron chi connectivity index (χ4n) is 2.90. The molecule has 2 rings (SSSR count). The molecule has 1 aliphatic heterocycles. The lowest BCUT2D eigenvalue weighted by atomic mass is 10.1. The molecule has 1 heterocycles. The number of nitrogens with one attached hydrogen (secondary N) is 1. The maximum Gasteiger partial charge on any atom is 0.387 e. The molecule has 1 aromatic rings. The van der Waals surface area contributed by atoms with E-state index in [-0.39, 0.29) is 36.3 Å². The molecule has 0 unspecified atom stereocenters. The molecular weight excluding hydrogens is 455 g/mol. The third-order valence-corrected chi connectivity index (χ3v) is 4.07. The normalized spacial score (nSPS) is 15.7. The minimum Gasteiger partial charge on any atom is -0.434 e. The van der Waals surface area contributed by atoms with E-state index in [9.17, 15) is 8.78 Å². The molecule has 0 amide bonds. The summed E-state index contributed by atoms with van der Waals surface area (Å²) in [6.45, 7) is 4.69. The Kier molecular flexibility index (Phi) is 10.8. The minimum absolute atomic E-state index is 0. The number of ether oxygens (including phenoxy) is 2. The molecule has 8 heteroatoms. The van der Waals surface area contributed by atoms with E-state index in [1.165, 1.54) is 6.07 Å². The molecule has 5 nitrogen and oxygen atoms in total. The molecule has 0 atom stereocenters. The van der Waals surface area contributed by atoms with Gasteiger partial charge in [-0.25, -0.2) is 4.99 Å². The van der Waals surface area contributed by atoms with Crippen molar-refractivity contribution >= 4 is 29.9 Å². The van der Waals surface area contributed by atoms with Crippen molar-refractivity contribution in [1.29, 1.82) is 0 Å². The van der Waals surface area contributed by atoms with Gasteiger partial charge in [0.25, 0.3) is 0 Å². The smallest absolute Gasteiger partial charge is 0.387 e. The number of halogens is 3. The Hall–Kier alpha value is -1.16. The van der Waals surface area contributed by atoms with Crippen molar-refractivity contribution in [1.82, 2.24) is 10.2 Å². The second-order valence-electron chi connectivity index (χ2n) is 5.80. The van der Waals surface area contributed by atoms with Gasteiger partial charge >= 0.3 is 6.61 Å². The summed E-state index contributed by atoms with van der Waals surface area (Å²) >= 11 is 0. The molecule has 1 N–H and O–H groups in total. The Morgan fingerprint density at radius 1 is 1.27 bits per heavy atom. The number of para-hydroxylation sites is 1. The lowest BCUT2D eigenvalue weighted by Gasteiger charge is -2.34. The Bertz CT molecular complexity index is 553. The van der Waals surface area contributed by atoms with E-state index in [4.69, 9.17) is 4.74 Å².